The Labute approximate surface area is 159 Å². The van der Waals surface area contributed by atoms with E-state index in [-0.39, 0.29) is 5.82 Å². The minimum Gasteiger partial charge on any atom is -0.352 e. The highest BCUT2D eigenvalue weighted by Gasteiger charge is 2.27. The van der Waals surface area contributed by atoms with E-state index in [1.807, 2.05) is 12.1 Å². The molecule has 1 fully saturated rings. The molecular formula is C20H25FN6. The first-order valence-electron chi connectivity index (χ1n) is 9.40. The van der Waals surface area contributed by atoms with Crippen LogP contribution in [0.2, 0.25) is 0 Å². The van der Waals surface area contributed by atoms with Gasteiger partial charge in [-0.2, -0.15) is 5.10 Å². The van der Waals surface area contributed by atoms with Crippen LogP contribution in [-0.2, 0) is 0 Å². The first-order valence-corrected chi connectivity index (χ1v) is 9.40. The Morgan fingerprint density at radius 2 is 1.74 bits per heavy atom. The van der Waals surface area contributed by atoms with E-state index in [2.05, 4.69) is 31.8 Å². The van der Waals surface area contributed by atoms with Gasteiger partial charge in [0.15, 0.2) is 5.82 Å². The summed E-state index contributed by atoms with van der Waals surface area (Å²) >= 11 is 0. The number of aromatic nitrogens is 2. The third-order valence-electron chi connectivity index (χ3n) is 5.35. The standard InChI is InChI=1S/C20H25FN6/c1-15-17(13-25(2)24-15)14-26-9-11-27(12-10-26)20-19(22-7-8-23-20)16-3-5-18(21)6-4-16/h3-8,17H,9-14H2,1-2H3. The summed E-state index contributed by atoms with van der Waals surface area (Å²) < 4.78 is 13.3. The Hall–Kier alpha value is -2.54. The van der Waals surface area contributed by atoms with Gasteiger partial charge in [-0.1, -0.05) is 0 Å². The molecule has 0 spiro atoms. The summed E-state index contributed by atoms with van der Waals surface area (Å²) in [5.41, 5.74) is 2.93. The summed E-state index contributed by atoms with van der Waals surface area (Å²) in [6, 6.07) is 6.46. The van der Waals surface area contributed by atoms with Crippen LogP contribution in [0.5, 0.6) is 0 Å². The van der Waals surface area contributed by atoms with Crippen molar-refractivity contribution >= 4 is 11.5 Å². The molecule has 0 N–H and O–H groups in total. The smallest absolute Gasteiger partial charge is 0.155 e. The summed E-state index contributed by atoms with van der Waals surface area (Å²) in [5, 5.41) is 6.55. The van der Waals surface area contributed by atoms with E-state index < -0.39 is 0 Å². The molecule has 2 aliphatic heterocycles. The molecule has 2 aromatic rings. The Morgan fingerprint density at radius 3 is 2.41 bits per heavy atom. The molecular weight excluding hydrogens is 343 g/mol. The summed E-state index contributed by atoms with van der Waals surface area (Å²) in [5.74, 6) is 1.16. The van der Waals surface area contributed by atoms with E-state index in [1.165, 1.54) is 17.8 Å². The van der Waals surface area contributed by atoms with Crippen LogP contribution in [0, 0.1) is 11.7 Å². The Kier molecular flexibility index (Phi) is 5.03. The fourth-order valence-corrected chi connectivity index (χ4v) is 3.86. The quantitative estimate of drug-likeness (QED) is 0.829. The van der Waals surface area contributed by atoms with Gasteiger partial charge in [-0.25, -0.2) is 9.37 Å². The molecule has 0 aliphatic carbocycles. The number of hydrogen-bond donors (Lipinski definition) is 0. The SMILES string of the molecule is CC1=NN(C)CC1CN1CCN(c2nccnc2-c2ccc(F)cc2)CC1. The van der Waals surface area contributed by atoms with Gasteiger partial charge in [-0.15, -0.1) is 0 Å². The third-order valence-corrected chi connectivity index (χ3v) is 5.35. The lowest BCUT2D eigenvalue weighted by atomic mass is 10.0. The predicted molar refractivity (Wildman–Crippen MR) is 105 cm³/mol. The zero-order valence-corrected chi connectivity index (χ0v) is 15.8. The highest BCUT2D eigenvalue weighted by atomic mass is 19.1. The molecule has 27 heavy (non-hydrogen) atoms. The number of nitrogens with zero attached hydrogens (tertiary/aromatic N) is 6. The lowest BCUT2D eigenvalue weighted by molar-refractivity contribution is 0.226. The fourth-order valence-electron chi connectivity index (χ4n) is 3.86. The molecule has 0 amide bonds. The third kappa shape index (κ3) is 3.93. The predicted octanol–water partition coefficient (Wildman–Crippen LogP) is 2.34. The van der Waals surface area contributed by atoms with Gasteiger partial charge in [-0.05, 0) is 31.2 Å². The number of benzene rings is 1. The van der Waals surface area contributed by atoms with Crippen LogP contribution in [0.15, 0.2) is 41.8 Å². The maximum atomic E-state index is 13.3. The molecule has 0 bridgehead atoms. The number of piperazine rings is 1. The van der Waals surface area contributed by atoms with Crippen molar-refractivity contribution in [1.82, 2.24) is 19.9 Å². The topological polar surface area (TPSA) is 47.9 Å². The molecule has 3 heterocycles. The van der Waals surface area contributed by atoms with Crippen molar-refractivity contribution in [3.05, 3.63) is 42.5 Å². The van der Waals surface area contributed by atoms with Crippen molar-refractivity contribution < 1.29 is 4.39 Å². The van der Waals surface area contributed by atoms with Gasteiger partial charge in [0.1, 0.15) is 11.5 Å². The maximum Gasteiger partial charge on any atom is 0.155 e. The van der Waals surface area contributed by atoms with Crippen LogP contribution in [-0.4, -0.2) is 71.9 Å². The Balaban J connectivity index is 1.43. The average Bonchev–Trinajstić information content (AvgIpc) is 3.00. The van der Waals surface area contributed by atoms with E-state index in [0.29, 0.717) is 5.92 Å². The van der Waals surface area contributed by atoms with Crippen molar-refractivity contribution in [3.63, 3.8) is 0 Å². The second kappa shape index (κ2) is 7.60. The molecule has 1 aromatic carbocycles. The van der Waals surface area contributed by atoms with E-state index in [4.69, 9.17) is 0 Å². The summed E-state index contributed by atoms with van der Waals surface area (Å²) in [4.78, 5) is 13.9. The molecule has 0 radical (unpaired) electrons. The number of rotatable bonds is 4. The number of hydrazone groups is 1. The van der Waals surface area contributed by atoms with E-state index in [9.17, 15) is 4.39 Å². The molecule has 1 saturated heterocycles. The monoisotopic (exact) mass is 368 g/mol. The lowest BCUT2D eigenvalue weighted by Crippen LogP contribution is -2.49. The minimum absolute atomic E-state index is 0.241. The molecule has 6 nitrogen and oxygen atoms in total. The molecule has 1 aromatic heterocycles. The van der Waals surface area contributed by atoms with E-state index in [0.717, 1.165) is 56.3 Å². The average molecular weight is 368 g/mol. The van der Waals surface area contributed by atoms with Gasteiger partial charge in [0.2, 0.25) is 0 Å². The van der Waals surface area contributed by atoms with Crippen molar-refractivity contribution in [2.75, 3.05) is 51.2 Å². The molecule has 1 unspecified atom stereocenters. The van der Waals surface area contributed by atoms with E-state index >= 15 is 0 Å². The number of halogens is 1. The van der Waals surface area contributed by atoms with Gasteiger partial charge in [0.05, 0.1) is 0 Å². The van der Waals surface area contributed by atoms with Gasteiger partial charge in [0.25, 0.3) is 0 Å². The normalized spacial score (nSPS) is 20.9. The zero-order valence-electron chi connectivity index (χ0n) is 15.8. The van der Waals surface area contributed by atoms with Crippen LogP contribution in [0.3, 0.4) is 0 Å². The van der Waals surface area contributed by atoms with Crippen LogP contribution in [0.25, 0.3) is 11.3 Å². The maximum absolute atomic E-state index is 13.3. The minimum atomic E-state index is -0.241. The van der Waals surface area contributed by atoms with E-state index in [1.54, 1.807) is 24.5 Å². The van der Waals surface area contributed by atoms with Crippen LogP contribution in [0.4, 0.5) is 10.2 Å². The highest BCUT2D eigenvalue weighted by molar-refractivity contribution is 5.85. The van der Waals surface area contributed by atoms with Crippen molar-refractivity contribution in [2.45, 2.75) is 6.92 Å². The summed E-state index contributed by atoms with van der Waals surface area (Å²) in [6.45, 7) is 7.99. The Bertz CT molecular complexity index is 813. The molecule has 4 rings (SSSR count). The second-order valence-corrected chi connectivity index (χ2v) is 7.30. The second-order valence-electron chi connectivity index (χ2n) is 7.30. The van der Waals surface area contributed by atoms with Gasteiger partial charge in [-0.3, -0.25) is 14.9 Å². The molecule has 2 aliphatic rings. The van der Waals surface area contributed by atoms with Crippen molar-refractivity contribution in [1.29, 1.82) is 0 Å². The first-order chi connectivity index (χ1) is 13.1. The van der Waals surface area contributed by atoms with Gasteiger partial charge < -0.3 is 4.90 Å². The van der Waals surface area contributed by atoms with Crippen molar-refractivity contribution in [2.24, 2.45) is 11.0 Å². The van der Waals surface area contributed by atoms with Crippen LogP contribution in [0.1, 0.15) is 6.92 Å². The van der Waals surface area contributed by atoms with Crippen molar-refractivity contribution in [3.8, 4) is 11.3 Å². The largest absolute Gasteiger partial charge is 0.352 e. The number of anilines is 1. The summed E-state index contributed by atoms with van der Waals surface area (Å²) in [6.07, 6.45) is 3.42. The zero-order chi connectivity index (χ0) is 18.8. The van der Waals surface area contributed by atoms with Gasteiger partial charge >= 0.3 is 0 Å². The highest BCUT2D eigenvalue weighted by Crippen LogP contribution is 2.27. The van der Waals surface area contributed by atoms with Crippen LogP contribution < -0.4 is 4.90 Å². The molecule has 7 heteroatoms. The molecule has 0 saturated carbocycles. The summed E-state index contributed by atoms with van der Waals surface area (Å²) in [7, 11) is 2.03. The van der Waals surface area contributed by atoms with Gasteiger partial charge in [0, 0.05) is 75.9 Å². The number of hydrogen-bond acceptors (Lipinski definition) is 6. The lowest BCUT2D eigenvalue weighted by Gasteiger charge is -2.37. The molecule has 1 atom stereocenters. The van der Waals surface area contributed by atoms with Crippen LogP contribution >= 0.6 is 0 Å². The fraction of sp³-hybridized carbons (Fsp3) is 0.450. The Morgan fingerprint density at radius 1 is 1.04 bits per heavy atom. The molecule has 142 valence electrons. The first kappa shape index (κ1) is 17.9.